The lowest BCUT2D eigenvalue weighted by atomic mass is 9.88. The lowest BCUT2D eigenvalue weighted by molar-refractivity contribution is -0.0575. The van der Waals surface area contributed by atoms with Crippen LogP contribution in [0.4, 0.5) is 0 Å². The molecule has 1 heterocycles. The molecule has 112 valence electrons. The van der Waals surface area contributed by atoms with Gasteiger partial charge in [0.1, 0.15) is 0 Å². The number of fused-ring (bicyclic) bond motifs is 1. The molecule has 3 nitrogen and oxygen atoms in total. The zero-order chi connectivity index (χ0) is 14.6. The molecule has 0 saturated carbocycles. The molecular weight excluding hydrogens is 250 g/mol. The van der Waals surface area contributed by atoms with Gasteiger partial charge in [0.2, 0.25) is 0 Å². The maximum absolute atomic E-state index is 6.01. The van der Waals surface area contributed by atoms with Crippen molar-refractivity contribution in [2.24, 2.45) is 0 Å². The van der Waals surface area contributed by atoms with Crippen molar-refractivity contribution < 1.29 is 9.47 Å². The first-order valence-corrected chi connectivity index (χ1v) is 7.59. The van der Waals surface area contributed by atoms with Crippen molar-refractivity contribution in [1.29, 1.82) is 0 Å². The van der Waals surface area contributed by atoms with Crippen LogP contribution in [0, 0.1) is 0 Å². The third-order valence-corrected chi connectivity index (χ3v) is 4.25. The molecule has 0 fully saturated rings. The van der Waals surface area contributed by atoms with Gasteiger partial charge in [-0.05, 0) is 51.8 Å². The third kappa shape index (κ3) is 3.40. The van der Waals surface area contributed by atoms with E-state index >= 15 is 0 Å². The number of ether oxygens (including phenoxy) is 2. The first kappa shape index (κ1) is 15.5. The molecule has 1 aromatic rings. The summed E-state index contributed by atoms with van der Waals surface area (Å²) in [6.07, 6.45) is 2.11. The molecule has 0 saturated heterocycles. The maximum Gasteiger partial charge on any atom is 0.0843 e. The Hall–Kier alpha value is -0.900. The second kappa shape index (κ2) is 6.70. The van der Waals surface area contributed by atoms with Crippen LogP contribution in [0.5, 0.6) is 0 Å². The highest BCUT2D eigenvalue weighted by Gasteiger charge is 2.33. The molecule has 1 aliphatic rings. The van der Waals surface area contributed by atoms with E-state index in [1.807, 2.05) is 14.0 Å². The number of hydrogen-bond donors (Lipinski definition) is 1. The lowest BCUT2D eigenvalue weighted by Gasteiger charge is -2.37. The van der Waals surface area contributed by atoms with Crippen molar-refractivity contribution in [3.05, 3.63) is 35.4 Å². The Labute approximate surface area is 122 Å². The molecule has 0 bridgehead atoms. The van der Waals surface area contributed by atoms with Gasteiger partial charge in [-0.15, -0.1) is 0 Å². The van der Waals surface area contributed by atoms with Crippen LogP contribution < -0.4 is 5.32 Å². The van der Waals surface area contributed by atoms with Gasteiger partial charge >= 0.3 is 0 Å². The van der Waals surface area contributed by atoms with E-state index in [4.69, 9.17) is 9.47 Å². The second-order valence-corrected chi connectivity index (χ2v) is 5.92. The van der Waals surface area contributed by atoms with E-state index in [-0.39, 0.29) is 17.7 Å². The van der Waals surface area contributed by atoms with Crippen LogP contribution in [0.2, 0.25) is 0 Å². The van der Waals surface area contributed by atoms with Crippen LogP contribution in [-0.2, 0) is 15.9 Å². The zero-order valence-electron chi connectivity index (χ0n) is 13.1. The number of benzene rings is 1. The van der Waals surface area contributed by atoms with Crippen LogP contribution in [0.1, 0.15) is 44.4 Å². The normalized spacial score (nSPS) is 20.5. The monoisotopic (exact) mass is 277 g/mol. The summed E-state index contributed by atoms with van der Waals surface area (Å²) in [5.74, 6) is 0. The highest BCUT2D eigenvalue weighted by atomic mass is 16.5. The minimum Gasteiger partial charge on any atom is -0.374 e. The molecule has 1 N–H and O–H groups in total. The van der Waals surface area contributed by atoms with E-state index in [9.17, 15) is 0 Å². The Morgan fingerprint density at radius 1 is 1.40 bits per heavy atom. The number of nitrogens with one attached hydrogen (secondary N) is 1. The lowest BCUT2D eigenvalue weighted by Crippen LogP contribution is -2.48. The standard InChI is InChI=1S/C17H27NO2/c1-5-20-17(2,3)16(18-4)12-15-14-9-7-6-8-13(14)10-11-19-15/h6-9,15-16,18H,5,10-12H2,1-4H3. The summed E-state index contributed by atoms with van der Waals surface area (Å²) in [5.41, 5.74) is 2.57. The van der Waals surface area contributed by atoms with E-state index in [0.717, 1.165) is 26.1 Å². The molecule has 1 aromatic carbocycles. The predicted molar refractivity (Wildman–Crippen MR) is 82.0 cm³/mol. The maximum atomic E-state index is 6.01. The summed E-state index contributed by atoms with van der Waals surface area (Å²) >= 11 is 0. The fourth-order valence-corrected chi connectivity index (χ4v) is 3.11. The molecule has 1 aliphatic heterocycles. The van der Waals surface area contributed by atoms with E-state index in [1.54, 1.807) is 0 Å². The summed E-state index contributed by atoms with van der Waals surface area (Å²) in [6, 6.07) is 8.88. The van der Waals surface area contributed by atoms with Crippen molar-refractivity contribution in [1.82, 2.24) is 5.32 Å². The molecule has 3 heteroatoms. The minimum absolute atomic E-state index is 0.164. The van der Waals surface area contributed by atoms with Crippen molar-refractivity contribution in [2.75, 3.05) is 20.3 Å². The molecule has 0 radical (unpaired) electrons. The fourth-order valence-electron chi connectivity index (χ4n) is 3.11. The van der Waals surface area contributed by atoms with E-state index < -0.39 is 0 Å². The third-order valence-electron chi connectivity index (χ3n) is 4.25. The summed E-state index contributed by atoms with van der Waals surface area (Å²) in [7, 11) is 2.00. The Bertz CT molecular complexity index is 431. The summed E-state index contributed by atoms with van der Waals surface area (Å²) < 4.78 is 11.9. The first-order chi connectivity index (χ1) is 9.58. The predicted octanol–water partition coefficient (Wildman–Crippen LogP) is 3.09. The van der Waals surface area contributed by atoms with Gasteiger partial charge in [0.15, 0.2) is 0 Å². The van der Waals surface area contributed by atoms with Crippen molar-refractivity contribution in [2.45, 2.75) is 51.4 Å². The Balaban J connectivity index is 2.13. The number of rotatable bonds is 6. The second-order valence-electron chi connectivity index (χ2n) is 5.92. The van der Waals surface area contributed by atoms with E-state index in [1.165, 1.54) is 11.1 Å². The average molecular weight is 277 g/mol. The molecule has 0 amide bonds. The van der Waals surface area contributed by atoms with Crippen LogP contribution in [0.3, 0.4) is 0 Å². The first-order valence-electron chi connectivity index (χ1n) is 7.59. The van der Waals surface area contributed by atoms with Gasteiger partial charge in [-0.25, -0.2) is 0 Å². The van der Waals surface area contributed by atoms with Gasteiger partial charge in [0.25, 0.3) is 0 Å². The summed E-state index contributed by atoms with van der Waals surface area (Å²) in [6.45, 7) is 7.88. The molecular formula is C17H27NO2. The number of likely N-dealkylation sites (N-methyl/N-ethyl adjacent to an activating group) is 1. The van der Waals surface area contributed by atoms with Crippen molar-refractivity contribution >= 4 is 0 Å². The molecule has 2 unspecified atom stereocenters. The van der Waals surface area contributed by atoms with E-state index in [2.05, 4.69) is 43.4 Å². The highest BCUT2D eigenvalue weighted by molar-refractivity contribution is 5.31. The fraction of sp³-hybridized carbons (Fsp3) is 0.647. The Kier molecular flexibility index (Phi) is 5.19. The average Bonchev–Trinajstić information content (AvgIpc) is 2.44. The molecule has 2 rings (SSSR count). The van der Waals surface area contributed by atoms with Crippen molar-refractivity contribution in [3.63, 3.8) is 0 Å². The molecule has 2 atom stereocenters. The van der Waals surface area contributed by atoms with Gasteiger partial charge in [0.05, 0.1) is 18.3 Å². The molecule has 0 aliphatic carbocycles. The zero-order valence-corrected chi connectivity index (χ0v) is 13.1. The van der Waals surface area contributed by atoms with Gasteiger partial charge < -0.3 is 14.8 Å². The minimum atomic E-state index is -0.195. The molecule has 0 aromatic heterocycles. The van der Waals surface area contributed by atoms with Gasteiger partial charge in [0, 0.05) is 12.6 Å². The molecule has 20 heavy (non-hydrogen) atoms. The SMILES string of the molecule is CCOC(C)(C)C(CC1OCCc2ccccc21)NC. The van der Waals surface area contributed by atoms with Crippen LogP contribution in [-0.4, -0.2) is 31.9 Å². The van der Waals surface area contributed by atoms with Gasteiger partial charge in [-0.2, -0.15) is 0 Å². The largest absolute Gasteiger partial charge is 0.374 e. The van der Waals surface area contributed by atoms with Gasteiger partial charge in [-0.3, -0.25) is 0 Å². The topological polar surface area (TPSA) is 30.5 Å². The summed E-state index contributed by atoms with van der Waals surface area (Å²) in [5, 5.41) is 3.40. The van der Waals surface area contributed by atoms with E-state index in [0.29, 0.717) is 0 Å². The quantitative estimate of drug-likeness (QED) is 0.866. The smallest absolute Gasteiger partial charge is 0.0843 e. The molecule has 0 spiro atoms. The Morgan fingerprint density at radius 2 is 2.15 bits per heavy atom. The van der Waals surface area contributed by atoms with Crippen LogP contribution in [0.25, 0.3) is 0 Å². The van der Waals surface area contributed by atoms with Crippen molar-refractivity contribution in [3.8, 4) is 0 Å². The van der Waals surface area contributed by atoms with Crippen LogP contribution >= 0.6 is 0 Å². The highest BCUT2D eigenvalue weighted by Crippen LogP contribution is 2.33. The summed E-state index contributed by atoms with van der Waals surface area (Å²) in [4.78, 5) is 0. The van der Waals surface area contributed by atoms with Crippen LogP contribution in [0.15, 0.2) is 24.3 Å². The number of hydrogen-bond acceptors (Lipinski definition) is 3. The van der Waals surface area contributed by atoms with Gasteiger partial charge in [-0.1, -0.05) is 24.3 Å². The Morgan fingerprint density at radius 3 is 2.85 bits per heavy atom.